The first-order chi connectivity index (χ1) is 9.42. The van der Waals surface area contributed by atoms with Crippen molar-refractivity contribution >= 4 is 17.6 Å². The number of carboxylic acid groups (broad SMARTS) is 1. The largest absolute Gasteiger partial charge is 0.481 e. The summed E-state index contributed by atoms with van der Waals surface area (Å²) in [6.07, 6.45) is 3.30. The Morgan fingerprint density at radius 1 is 1.35 bits per heavy atom. The van der Waals surface area contributed by atoms with Gasteiger partial charge < -0.3 is 16.2 Å². The van der Waals surface area contributed by atoms with Gasteiger partial charge in [0.25, 0.3) is 5.91 Å². The second-order valence-corrected chi connectivity index (χ2v) is 5.58. The number of benzene rings is 1. The first kappa shape index (κ1) is 14.4. The molecule has 0 saturated heterocycles. The van der Waals surface area contributed by atoms with Crippen LogP contribution in [-0.2, 0) is 4.79 Å². The molecular weight excluding hydrogens is 256 g/mol. The molecule has 5 nitrogen and oxygen atoms in total. The molecule has 0 unspecified atom stereocenters. The summed E-state index contributed by atoms with van der Waals surface area (Å²) in [7, 11) is 0. The van der Waals surface area contributed by atoms with Crippen LogP contribution in [0.25, 0.3) is 0 Å². The van der Waals surface area contributed by atoms with Crippen molar-refractivity contribution in [1.82, 2.24) is 5.32 Å². The molecule has 20 heavy (non-hydrogen) atoms. The molecule has 5 heteroatoms. The summed E-state index contributed by atoms with van der Waals surface area (Å²) in [6.45, 7) is 1.87. The van der Waals surface area contributed by atoms with E-state index in [1.165, 1.54) is 0 Å². The van der Waals surface area contributed by atoms with Crippen LogP contribution in [0, 0.1) is 6.92 Å². The van der Waals surface area contributed by atoms with Gasteiger partial charge in [-0.1, -0.05) is 18.9 Å². The Kier molecular flexibility index (Phi) is 3.97. The third-order valence-corrected chi connectivity index (χ3v) is 3.97. The van der Waals surface area contributed by atoms with Crippen molar-refractivity contribution in [2.75, 3.05) is 5.73 Å². The Hall–Kier alpha value is -2.04. The van der Waals surface area contributed by atoms with Crippen molar-refractivity contribution in [2.45, 2.75) is 44.6 Å². The molecule has 0 spiro atoms. The molecule has 0 atom stereocenters. The van der Waals surface area contributed by atoms with Gasteiger partial charge in [-0.2, -0.15) is 0 Å². The Morgan fingerprint density at radius 2 is 2.00 bits per heavy atom. The Labute approximate surface area is 118 Å². The van der Waals surface area contributed by atoms with Gasteiger partial charge in [-0.15, -0.1) is 0 Å². The predicted octanol–water partition coefficient (Wildman–Crippen LogP) is 2.09. The number of nitrogens with one attached hydrogen (secondary N) is 1. The highest BCUT2D eigenvalue weighted by atomic mass is 16.4. The summed E-state index contributed by atoms with van der Waals surface area (Å²) in [5.41, 5.74) is 7.16. The Morgan fingerprint density at radius 3 is 2.55 bits per heavy atom. The highest BCUT2D eigenvalue weighted by Crippen LogP contribution is 2.33. The molecule has 2 rings (SSSR count). The van der Waals surface area contributed by atoms with E-state index in [4.69, 9.17) is 10.8 Å². The lowest BCUT2D eigenvalue weighted by Gasteiger charge is -2.28. The van der Waals surface area contributed by atoms with Gasteiger partial charge in [0.2, 0.25) is 0 Å². The molecule has 1 fully saturated rings. The minimum atomic E-state index is -0.879. The van der Waals surface area contributed by atoms with Crippen LogP contribution in [0.15, 0.2) is 18.2 Å². The van der Waals surface area contributed by atoms with E-state index in [0.717, 1.165) is 18.4 Å². The van der Waals surface area contributed by atoms with E-state index >= 15 is 0 Å². The SMILES string of the molecule is Cc1ccc(C(=O)NC2(CC(=O)O)CCCC2)cc1N. The lowest BCUT2D eigenvalue weighted by Crippen LogP contribution is -2.47. The van der Waals surface area contributed by atoms with Gasteiger partial charge >= 0.3 is 5.97 Å². The van der Waals surface area contributed by atoms with Gasteiger partial charge in [0, 0.05) is 11.3 Å². The van der Waals surface area contributed by atoms with Crippen molar-refractivity contribution in [3.63, 3.8) is 0 Å². The maximum atomic E-state index is 12.3. The van der Waals surface area contributed by atoms with Crippen LogP contribution in [-0.4, -0.2) is 22.5 Å². The molecular formula is C15H20N2O3. The van der Waals surface area contributed by atoms with Crippen molar-refractivity contribution in [1.29, 1.82) is 0 Å². The minimum Gasteiger partial charge on any atom is -0.481 e. The first-order valence-electron chi connectivity index (χ1n) is 6.82. The van der Waals surface area contributed by atoms with Crippen LogP contribution in [0.2, 0.25) is 0 Å². The lowest BCUT2D eigenvalue weighted by atomic mass is 9.92. The molecule has 108 valence electrons. The highest BCUT2D eigenvalue weighted by Gasteiger charge is 2.37. The number of amides is 1. The van der Waals surface area contributed by atoms with Gasteiger partial charge in [-0.3, -0.25) is 9.59 Å². The minimum absolute atomic E-state index is 0.0277. The molecule has 1 aliphatic rings. The van der Waals surface area contributed by atoms with Crippen LogP contribution in [0.1, 0.15) is 48.0 Å². The first-order valence-corrected chi connectivity index (χ1v) is 6.82. The van der Waals surface area contributed by atoms with Crippen molar-refractivity contribution in [2.24, 2.45) is 0 Å². The zero-order chi connectivity index (χ0) is 14.8. The second kappa shape index (κ2) is 5.53. The van der Waals surface area contributed by atoms with E-state index in [9.17, 15) is 9.59 Å². The molecule has 1 aliphatic carbocycles. The van der Waals surface area contributed by atoms with Crippen LogP contribution in [0.3, 0.4) is 0 Å². The molecule has 1 amide bonds. The van der Waals surface area contributed by atoms with Gasteiger partial charge in [-0.05, 0) is 37.5 Å². The fraction of sp³-hybridized carbons (Fsp3) is 0.467. The number of hydrogen-bond donors (Lipinski definition) is 3. The second-order valence-electron chi connectivity index (χ2n) is 5.58. The predicted molar refractivity (Wildman–Crippen MR) is 76.5 cm³/mol. The van der Waals surface area contributed by atoms with Crippen molar-refractivity contribution < 1.29 is 14.7 Å². The zero-order valence-corrected chi connectivity index (χ0v) is 11.6. The summed E-state index contributed by atoms with van der Waals surface area (Å²) in [5, 5.41) is 11.9. The number of carbonyl (C=O) groups is 2. The molecule has 0 aliphatic heterocycles. The fourth-order valence-corrected chi connectivity index (χ4v) is 2.78. The smallest absolute Gasteiger partial charge is 0.305 e. The topological polar surface area (TPSA) is 92.4 Å². The maximum absolute atomic E-state index is 12.3. The van der Waals surface area contributed by atoms with Crippen LogP contribution in [0.4, 0.5) is 5.69 Å². The molecule has 0 aromatic heterocycles. The zero-order valence-electron chi connectivity index (χ0n) is 11.6. The lowest BCUT2D eigenvalue weighted by molar-refractivity contribution is -0.138. The summed E-state index contributed by atoms with van der Waals surface area (Å²) in [5.74, 6) is -1.13. The molecule has 1 aromatic rings. The van der Waals surface area contributed by atoms with Gasteiger partial charge in [0.1, 0.15) is 0 Å². The number of aliphatic carboxylic acids is 1. The molecule has 0 bridgehead atoms. The Balaban J connectivity index is 2.16. The van der Waals surface area contributed by atoms with Crippen molar-refractivity contribution in [3.05, 3.63) is 29.3 Å². The monoisotopic (exact) mass is 276 g/mol. The summed E-state index contributed by atoms with van der Waals surface area (Å²) in [6, 6.07) is 5.14. The van der Waals surface area contributed by atoms with Crippen LogP contribution < -0.4 is 11.1 Å². The van der Waals surface area contributed by atoms with Gasteiger partial charge in [0.15, 0.2) is 0 Å². The maximum Gasteiger partial charge on any atom is 0.305 e. The fourth-order valence-electron chi connectivity index (χ4n) is 2.78. The number of carboxylic acids is 1. The quantitative estimate of drug-likeness (QED) is 0.734. The van der Waals surface area contributed by atoms with Crippen LogP contribution in [0.5, 0.6) is 0 Å². The van der Waals surface area contributed by atoms with E-state index in [1.807, 2.05) is 6.92 Å². The average Bonchev–Trinajstić information content (AvgIpc) is 2.79. The molecule has 0 radical (unpaired) electrons. The standard InChI is InChI=1S/C15H20N2O3/c1-10-4-5-11(8-12(10)16)14(20)17-15(9-13(18)19)6-2-3-7-15/h4-5,8H,2-3,6-7,9,16H2,1H3,(H,17,20)(H,18,19). The number of nitrogen functional groups attached to an aromatic ring is 1. The highest BCUT2D eigenvalue weighted by molar-refractivity contribution is 5.96. The third kappa shape index (κ3) is 3.10. The molecule has 4 N–H and O–H groups in total. The van der Waals surface area contributed by atoms with Gasteiger partial charge in [0.05, 0.1) is 12.0 Å². The van der Waals surface area contributed by atoms with Gasteiger partial charge in [-0.25, -0.2) is 0 Å². The average molecular weight is 276 g/mol. The molecule has 1 saturated carbocycles. The number of aryl methyl sites for hydroxylation is 1. The number of hydrogen-bond acceptors (Lipinski definition) is 3. The summed E-state index contributed by atoms with van der Waals surface area (Å²) < 4.78 is 0. The number of nitrogens with two attached hydrogens (primary N) is 1. The van der Waals surface area contributed by atoms with E-state index < -0.39 is 11.5 Å². The summed E-state index contributed by atoms with van der Waals surface area (Å²) in [4.78, 5) is 23.3. The van der Waals surface area contributed by atoms with Crippen molar-refractivity contribution in [3.8, 4) is 0 Å². The van der Waals surface area contributed by atoms with E-state index in [-0.39, 0.29) is 12.3 Å². The third-order valence-electron chi connectivity index (χ3n) is 3.97. The number of anilines is 1. The Bertz CT molecular complexity index is 534. The molecule has 0 heterocycles. The summed E-state index contributed by atoms with van der Waals surface area (Å²) >= 11 is 0. The number of rotatable bonds is 4. The normalized spacial score (nSPS) is 16.9. The van der Waals surface area contributed by atoms with Crippen LogP contribution >= 0.6 is 0 Å². The molecule has 1 aromatic carbocycles. The van der Waals surface area contributed by atoms with E-state index in [1.54, 1.807) is 18.2 Å². The van der Waals surface area contributed by atoms with E-state index in [2.05, 4.69) is 5.32 Å². The van der Waals surface area contributed by atoms with E-state index in [0.29, 0.717) is 24.1 Å². The number of carbonyl (C=O) groups excluding carboxylic acids is 1.